The van der Waals surface area contributed by atoms with Gasteiger partial charge in [-0.2, -0.15) is 0 Å². The van der Waals surface area contributed by atoms with Crippen LogP contribution in [-0.2, 0) is 35.0 Å². The molecule has 4 rings (SSSR count). The highest BCUT2D eigenvalue weighted by molar-refractivity contribution is 5.95. The number of carbonyl (C=O) groups excluding carboxylic acids is 2. The van der Waals surface area contributed by atoms with E-state index in [0.29, 0.717) is 17.2 Å². The highest BCUT2D eigenvalue weighted by Gasteiger charge is 2.22. The molecule has 1 aliphatic heterocycles. The molecule has 0 radical (unpaired) electrons. The van der Waals surface area contributed by atoms with Gasteiger partial charge in [0.05, 0.1) is 6.33 Å². The van der Waals surface area contributed by atoms with Gasteiger partial charge in [-0.25, -0.2) is 9.78 Å². The zero-order valence-electron chi connectivity index (χ0n) is 16.9. The van der Waals surface area contributed by atoms with E-state index in [1.165, 1.54) is 36.5 Å². The smallest absolute Gasteiger partial charge is 0.332 e. The third-order valence-corrected chi connectivity index (χ3v) is 4.83. The SMILES string of the molecule is CC(OC(=O)Cn1cnc2c1c(=O)n(C)c(=O)n2C)C(=O)Nc1ccc2c(c1)OCO2. The van der Waals surface area contributed by atoms with Crippen LogP contribution in [0.3, 0.4) is 0 Å². The van der Waals surface area contributed by atoms with Gasteiger partial charge in [-0.15, -0.1) is 0 Å². The third kappa shape index (κ3) is 3.63. The summed E-state index contributed by atoms with van der Waals surface area (Å²) in [5.74, 6) is -0.205. The van der Waals surface area contributed by atoms with Gasteiger partial charge in [0.25, 0.3) is 11.5 Å². The van der Waals surface area contributed by atoms with Crippen LogP contribution < -0.4 is 26.0 Å². The lowest BCUT2D eigenvalue weighted by Crippen LogP contribution is -2.38. The Bertz CT molecular complexity index is 1320. The number of anilines is 1. The van der Waals surface area contributed by atoms with E-state index in [2.05, 4.69) is 10.3 Å². The Morgan fingerprint density at radius 2 is 1.94 bits per heavy atom. The molecule has 162 valence electrons. The summed E-state index contributed by atoms with van der Waals surface area (Å²) in [5.41, 5.74) is -0.424. The van der Waals surface area contributed by atoms with Gasteiger partial charge in [-0.1, -0.05) is 0 Å². The highest BCUT2D eigenvalue weighted by atomic mass is 16.7. The molecule has 0 saturated heterocycles. The maximum Gasteiger partial charge on any atom is 0.332 e. The quantitative estimate of drug-likeness (QED) is 0.548. The summed E-state index contributed by atoms with van der Waals surface area (Å²) in [5, 5.41) is 2.63. The average Bonchev–Trinajstić information content (AvgIpc) is 3.37. The minimum atomic E-state index is -1.10. The Hall–Kier alpha value is -4.09. The Morgan fingerprint density at radius 1 is 1.19 bits per heavy atom. The number of aryl methyl sites for hydroxylation is 1. The summed E-state index contributed by atoms with van der Waals surface area (Å²) in [7, 11) is 2.81. The van der Waals surface area contributed by atoms with Gasteiger partial charge in [0.15, 0.2) is 28.8 Å². The van der Waals surface area contributed by atoms with Crippen molar-refractivity contribution in [1.29, 1.82) is 0 Å². The van der Waals surface area contributed by atoms with Crippen LogP contribution in [0.15, 0.2) is 34.1 Å². The number of nitrogens with one attached hydrogen (secondary N) is 1. The van der Waals surface area contributed by atoms with Crippen LogP contribution in [0, 0.1) is 0 Å². The zero-order valence-corrected chi connectivity index (χ0v) is 16.9. The van der Waals surface area contributed by atoms with E-state index < -0.39 is 29.2 Å². The van der Waals surface area contributed by atoms with Crippen molar-refractivity contribution in [2.45, 2.75) is 19.6 Å². The summed E-state index contributed by atoms with van der Waals surface area (Å²) >= 11 is 0. The molecule has 1 amide bonds. The summed E-state index contributed by atoms with van der Waals surface area (Å²) in [6, 6.07) is 4.90. The van der Waals surface area contributed by atoms with E-state index in [1.54, 1.807) is 18.2 Å². The van der Waals surface area contributed by atoms with Crippen molar-refractivity contribution in [2.75, 3.05) is 12.1 Å². The van der Waals surface area contributed by atoms with Gasteiger partial charge in [0.2, 0.25) is 6.79 Å². The number of imidazole rings is 1. The van der Waals surface area contributed by atoms with Gasteiger partial charge in [0.1, 0.15) is 6.54 Å². The summed E-state index contributed by atoms with van der Waals surface area (Å²) in [6.07, 6.45) is 0.171. The first kappa shape index (κ1) is 20.2. The van der Waals surface area contributed by atoms with Crippen LogP contribution in [0.1, 0.15) is 6.92 Å². The number of ether oxygens (including phenoxy) is 3. The first-order chi connectivity index (χ1) is 14.8. The van der Waals surface area contributed by atoms with Gasteiger partial charge in [-0.05, 0) is 19.1 Å². The second-order valence-corrected chi connectivity index (χ2v) is 6.94. The molecule has 0 spiro atoms. The van der Waals surface area contributed by atoms with Crippen LogP contribution in [0.25, 0.3) is 11.2 Å². The Kier molecular flexibility index (Phi) is 4.97. The van der Waals surface area contributed by atoms with Crippen LogP contribution in [0.5, 0.6) is 11.5 Å². The Balaban J connectivity index is 1.44. The largest absolute Gasteiger partial charge is 0.454 e. The molecular formula is C19H19N5O7. The molecule has 0 saturated carbocycles. The molecule has 12 nitrogen and oxygen atoms in total. The van der Waals surface area contributed by atoms with E-state index in [0.717, 1.165) is 4.57 Å². The number of aromatic nitrogens is 4. The van der Waals surface area contributed by atoms with Crippen molar-refractivity contribution < 1.29 is 23.8 Å². The molecule has 1 atom stereocenters. The molecule has 0 fully saturated rings. The molecule has 31 heavy (non-hydrogen) atoms. The number of amides is 1. The van der Waals surface area contributed by atoms with Gasteiger partial charge in [-0.3, -0.25) is 23.5 Å². The molecule has 1 unspecified atom stereocenters. The molecule has 3 heterocycles. The Morgan fingerprint density at radius 3 is 2.71 bits per heavy atom. The molecule has 1 aromatic carbocycles. The maximum atomic E-state index is 12.4. The summed E-state index contributed by atoms with van der Waals surface area (Å²) in [6.45, 7) is 1.18. The van der Waals surface area contributed by atoms with E-state index in [-0.39, 0.29) is 24.5 Å². The number of hydrogen-bond acceptors (Lipinski definition) is 8. The monoisotopic (exact) mass is 429 g/mol. The lowest BCUT2D eigenvalue weighted by molar-refractivity contribution is -0.153. The maximum absolute atomic E-state index is 12.4. The topological polar surface area (TPSA) is 136 Å². The van der Waals surface area contributed by atoms with Crippen LogP contribution in [-0.4, -0.2) is 43.5 Å². The van der Waals surface area contributed by atoms with Crippen molar-refractivity contribution >= 4 is 28.7 Å². The van der Waals surface area contributed by atoms with Crippen molar-refractivity contribution in [3.63, 3.8) is 0 Å². The van der Waals surface area contributed by atoms with Crippen LogP contribution in [0.4, 0.5) is 5.69 Å². The summed E-state index contributed by atoms with van der Waals surface area (Å²) < 4.78 is 19.1. The number of fused-ring (bicyclic) bond motifs is 2. The average molecular weight is 429 g/mol. The second-order valence-electron chi connectivity index (χ2n) is 6.94. The number of benzene rings is 1. The number of hydrogen-bond donors (Lipinski definition) is 1. The lowest BCUT2D eigenvalue weighted by atomic mass is 10.2. The Labute approximate surface area is 174 Å². The number of esters is 1. The molecule has 0 aliphatic carbocycles. The first-order valence-electron chi connectivity index (χ1n) is 9.27. The van der Waals surface area contributed by atoms with Gasteiger partial charge >= 0.3 is 11.7 Å². The van der Waals surface area contributed by atoms with Crippen molar-refractivity contribution in [3.05, 3.63) is 45.4 Å². The molecule has 2 aromatic heterocycles. The van der Waals surface area contributed by atoms with Crippen LogP contribution >= 0.6 is 0 Å². The van der Waals surface area contributed by atoms with Crippen LogP contribution in [0.2, 0.25) is 0 Å². The number of rotatable bonds is 5. The van der Waals surface area contributed by atoms with Crippen molar-refractivity contribution in [3.8, 4) is 11.5 Å². The fourth-order valence-corrected chi connectivity index (χ4v) is 3.16. The molecule has 1 N–H and O–H groups in total. The van der Waals surface area contributed by atoms with Gasteiger partial charge in [0, 0.05) is 25.8 Å². The van der Waals surface area contributed by atoms with E-state index in [9.17, 15) is 19.2 Å². The standard InChI is InChI=1S/C19H19N5O7/c1-10(17(26)21-11-4-5-12-13(6-11)30-9-29-12)31-14(25)7-24-8-20-16-15(24)18(27)23(3)19(28)22(16)2/h4-6,8,10H,7,9H2,1-3H3,(H,21,26). The zero-order chi connectivity index (χ0) is 22.3. The first-order valence-corrected chi connectivity index (χ1v) is 9.27. The van der Waals surface area contributed by atoms with E-state index in [1.807, 2.05) is 0 Å². The molecule has 3 aromatic rings. The molecule has 12 heteroatoms. The number of carbonyl (C=O) groups is 2. The predicted molar refractivity (Wildman–Crippen MR) is 107 cm³/mol. The minimum absolute atomic E-state index is 0.0824. The molecule has 0 bridgehead atoms. The molecule has 1 aliphatic rings. The van der Waals surface area contributed by atoms with E-state index in [4.69, 9.17) is 14.2 Å². The second kappa shape index (κ2) is 7.63. The van der Waals surface area contributed by atoms with Gasteiger partial charge < -0.3 is 24.1 Å². The normalized spacial score (nSPS) is 13.3. The van der Waals surface area contributed by atoms with E-state index >= 15 is 0 Å². The summed E-state index contributed by atoms with van der Waals surface area (Å²) in [4.78, 5) is 53.2. The van der Waals surface area contributed by atoms with Crippen molar-refractivity contribution in [2.24, 2.45) is 14.1 Å². The third-order valence-electron chi connectivity index (χ3n) is 4.83. The minimum Gasteiger partial charge on any atom is -0.454 e. The molecular weight excluding hydrogens is 410 g/mol. The highest BCUT2D eigenvalue weighted by Crippen LogP contribution is 2.34. The van der Waals surface area contributed by atoms with Crippen molar-refractivity contribution in [1.82, 2.24) is 18.7 Å². The fourth-order valence-electron chi connectivity index (χ4n) is 3.16. The fraction of sp³-hybridized carbons (Fsp3) is 0.316. The lowest BCUT2D eigenvalue weighted by Gasteiger charge is -2.14. The predicted octanol–water partition coefficient (Wildman–Crippen LogP) is -0.267. The number of nitrogens with zero attached hydrogens (tertiary/aromatic N) is 4.